The molecule has 0 aliphatic rings. The number of esters is 1. The van der Waals surface area contributed by atoms with Crippen molar-refractivity contribution in [2.24, 2.45) is 0 Å². The van der Waals surface area contributed by atoms with Gasteiger partial charge < -0.3 is 10.3 Å². The Bertz CT molecular complexity index is 794. The second kappa shape index (κ2) is 6.46. The van der Waals surface area contributed by atoms with Crippen molar-refractivity contribution in [3.05, 3.63) is 65.2 Å². The highest BCUT2D eigenvalue weighted by Gasteiger charge is 2.31. The van der Waals surface area contributed by atoms with Crippen LogP contribution in [0.3, 0.4) is 0 Å². The first-order valence-electron chi connectivity index (χ1n) is 6.46. The lowest BCUT2D eigenvalue weighted by Gasteiger charge is -2.10. The largest absolute Gasteiger partial charge is 0.460 e. The van der Waals surface area contributed by atoms with Crippen molar-refractivity contribution >= 4 is 11.7 Å². The van der Waals surface area contributed by atoms with E-state index in [1.165, 1.54) is 24.3 Å². The average Bonchev–Trinajstić information content (AvgIpc) is 2.55. The standard InChI is InChI=1S/C16H11F3N2O2/c1-23-15(22)14(21-20)13-8-3-2-7-12(13)10-5-4-6-11(9-10)16(17,18)19/h2-9H,1H3. The quantitative estimate of drug-likeness (QED) is 0.376. The Labute approximate surface area is 129 Å². The summed E-state index contributed by atoms with van der Waals surface area (Å²) in [6.45, 7) is 0. The number of hydrogen-bond donors (Lipinski definition) is 0. The van der Waals surface area contributed by atoms with Gasteiger partial charge in [0.1, 0.15) is 0 Å². The first-order chi connectivity index (χ1) is 10.9. The van der Waals surface area contributed by atoms with Crippen LogP contribution in [0.4, 0.5) is 13.2 Å². The van der Waals surface area contributed by atoms with Crippen molar-refractivity contribution in [1.82, 2.24) is 0 Å². The average molecular weight is 320 g/mol. The fourth-order valence-electron chi connectivity index (χ4n) is 2.11. The summed E-state index contributed by atoms with van der Waals surface area (Å²) in [6, 6.07) is 10.8. The van der Waals surface area contributed by atoms with Crippen molar-refractivity contribution < 1.29 is 27.5 Å². The van der Waals surface area contributed by atoms with Crippen molar-refractivity contribution in [1.29, 1.82) is 0 Å². The lowest BCUT2D eigenvalue weighted by molar-refractivity contribution is -0.138. The zero-order valence-corrected chi connectivity index (χ0v) is 12.0. The van der Waals surface area contributed by atoms with Crippen LogP contribution in [-0.2, 0) is 15.7 Å². The molecule has 118 valence electrons. The van der Waals surface area contributed by atoms with Crippen molar-refractivity contribution in [2.45, 2.75) is 6.18 Å². The molecule has 2 rings (SSSR count). The van der Waals surface area contributed by atoms with Gasteiger partial charge >= 0.3 is 17.9 Å². The van der Waals surface area contributed by atoms with Gasteiger partial charge in [-0.25, -0.2) is 4.79 Å². The highest BCUT2D eigenvalue weighted by Crippen LogP contribution is 2.33. The first-order valence-corrected chi connectivity index (χ1v) is 6.46. The normalized spacial score (nSPS) is 10.8. The maximum absolute atomic E-state index is 12.9. The molecule has 4 nitrogen and oxygen atoms in total. The van der Waals surface area contributed by atoms with Crippen LogP contribution in [0.1, 0.15) is 11.1 Å². The SMILES string of the molecule is COC(=O)C(=[N+]=[N-])c1ccccc1-c1cccc(C(F)(F)F)c1. The summed E-state index contributed by atoms with van der Waals surface area (Å²) in [6.07, 6.45) is -4.48. The van der Waals surface area contributed by atoms with E-state index in [4.69, 9.17) is 5.53 Å². The Hall–Kier alpha value is -2.92. The third-order valence-electron chi connectivity index (χ3n) is 3.16. The summed E-state index contributed by atoms with van der Waals surface area (Å²) in [7, 11) is 1.11. The molecule has 0 aliphatic carbocycles. The van der Waals surface area contributed by atoms with Gasteiger partial charge in [-0.2, -0.15) is 18.0 Å². The molecule has 0 aliphatic heterocycles. The number of rotatable bonds is 3. The van der Waals surface area contributed by atoms with E-state index in [2.05, 4.69) is 9.53 Å². The minimum atomic E-state index is -4.48. The number of halogens is 3. The molecule has 0 bridgehead atoms. The molecule has 2 aromatic rings. The Morgan fingerprint density at radius 1 is 1.13 bits per heavy atom. The fraction of sp³-hybridized carbons (Fsp3) is 0.125. The molecule has 2 aromatic carbocycles. The number of benzene rings is 2. The number of ether oxygens (including phenoxy) is 1. The molecular formula is C16H11F3N2O2. The molecular weight excluding hydrogens is 309 g/mol. The molecule has 0 unspecified atom stereocenters. The van der Waals surface area contributed by atoms with Crippen molar-refractivity contribution in [3.63, 3.8) is 0 Å². The van der Waals surface area contributed by atoms with Crippen LogP contribution < -0.4 is 0 Å². The van der Waals surface area contributed by atoms with E-state index in [9.17, 15) is 18.0 Å². The third-order valence-corrected chi connectivity index (χ3v) is 3.16. The van der Waals surface area contributed by atoms with Crippen LogP contribution in [0.5, 0.6) is 0 Å². The fourth-order valence-corrected chi connectivity index (χ4v) is 2.11. The number of nitrogens with zero attached hydrogens (tertiary/aromatic N) is 2. The summed E-state index contributed by atoms with van der Waals surface area (Å²) in [4.78, 5) is 14.6. The summed E-state index contributed by atoms with van der Waals surface area (Å²) in [5, 5.41) is 0. The van der Waals surface area contributed by atoms with E-state index in [0.717, 1.165) is 19.2 Å². The van der Waals surface area contributed by atoms with Crippen LogP contribution in [0.15, 0.2) is 48.5 Å². The molecule has 0 amide bonds. The minimum absolute atomic E-state index is 0.168. The summed E-state index contributed by atoms with van der Waals surface area (Å²) in [5.41, 5.74) is 8.56. The molecule has 0 fully saturated rings. The lowest BCUT2D eigenvalue weighted by Crippen LogP contribution is -2.19. The van der Waals surface area contributed by atoms with E-state index in [-0.39, 0.29) is 16.8 Å². The van der Waals surface area contributed by atoms with Crippen molar-refractivity contribution in [3.8, 4) is 11.1 Å². The molecule has 0 radical (unpaired) electrons. The van der Waals surface area contributed by atoms with E-state index in [1.54, 1.807) is 12.1 Å². The Kier molecular flexibility index (Phi) is 4.62. The van der Waals surface area contributed by atoms with Crippen LogP contribution in [0, 0.1) is 0 Å². The third kappa shape index (κ3) is 3.46. The number of hydrogen-bond acceptors (Lipinski definition) is 2. The summed E-state index contributed by atoms with van der Waals surface area (Å²) >= 11 is 0. The van der Waals surface area contributed by atoms with Gasteiger partial charge in [0.15, 0.2) is 0 Å². The zero-order chi connectivity index (χ0) is 17.0. The number of carbonyl (C=O) groups excluding carboxylic acids is 1. The Balaban J connectivity index is 2.63. The van der Waals surface area contributed by atoms with Crippen LogP contribution in [0.25, 0.3) is 16.7 Å². The number of methoxy groups -OCH3 is 1. The molecule has 7 heteroatoms. The molecule has 0 heterocycles. The van der Waals surface area contributed by atoms with Gasteiger partial charge in [0.25, 0.3) is 0 Å². The molecule has 0 saturated heterocycles. The second-order valence-electron chi connectivity index (χ2n) is 4.56. The van der Waals surface area contributed by atoms with Gasteiger partial charge in [0.05, 0.1) is 18.2 Å². The number of alkyl halides is 3. The van der Waals surface area contributed by atoms with Crippen LogP contribution in [0.2, 0.25) is 0 Å². The van der Waals surface area contributed by atoms with Crippen LogP contribution >= 0.6 is 0 Å². The monoisotopic (exact) mass is 320 g/mol. The Morgan fingerprint density at radius 3 is 2.43 bits per heavy atom. The van der Waals surface area contributed by atoms with Crippen molar-refractivity contribution in [2.75, 3.05) is 7.11 Å². The summed E-state index contributed by atoms with van der Waals surface area (Å²) < 4.78 is 43.1. The van der Waals surface area contributed by atoms with E-state index < -0.39 is 17.7 Å². The molecule has 0 spiro atoms. The van der Waals surface area contributed by atoms with Gasteiger partial charge in [-0.15, -0.1) is 0 Å². The van der Waals surface area contributed by atoms with Gasteiger partial charge in [0.2, 0.25) is 0 Å². The molecule has 23 heavy (non-hydrogen) atoms. The van der Waals surface area contributed by atoms with Gasteiger partial charge in [0, 0.05) is 0 Å². The molecule has 0 saturated carbocycles. The van der Waals surface area contributed by atoms with E-state index >= 15 is 0 Å². The highest BCUT2D eigenvalue weighted by molar-refractivity contribution is 6.42. The maximum atomic E-state index is 12.9. The highest BCUT2D eigenvalue weighted by atomic mass is 19.4. The molecule has 0 atom stereocenters. The minimum Gasteiger partial charge on any atom is -0.460 e. The predicted octanol–water partition coefficient (Wildman–Crippen LogP) is 3.56. The van der Waals surface area contributed by atoms with Gasteiger partial charge in [-0.3, -0.25) is 0 Å². The zero-order valence-electron chi connectivity index (χ0n) is 12.0. The smallest absolute Gasteiger partial charge is 0.422 e. The maximum Gasteiger partial charge on any atom is 0.422 e. The summed E-state index contributed by atoms with van der Waals surface area (Å²) in [5.74, 6) is -0.896. The molecule has 0 N–H and O–H groups in total. The second-order valence-corrected chi connectivity index (χ2v) is 4.56. The van der Waals surface area contributed by atoms with E-state index in [0.29, 0.717) is 5.56 Å². The Morgan fingerprint density at radius 2 is 1.83 bits per heavy atom. The topological polar surface area (TPSA) is 62.7 Å². The lowest BCUT2D eigenvalue weighted by atomic mass is 9.95. The number of carbonyl (C=O) groups is 1. The first kappa shape index (κ1) is 16.5. The van der Waals surface area contributed by atoms with E-state index in [1.807, 2.05) is 0 Å². The van der Waals surface area contributed by atoms with Gasteiger partial charge in [-0.05, 0) is 29.3 Å². The predicted molar refractivity (Wildman–Crippen MR) is 76.6 cm³/mol. The van der Waals surface area contributed by atoms with Crippen LogP contribution in [-0.4, -0.2) is 23.6 Å². The van der Waals surface area contributed by atoms with Gasteiger partial charge in [-0.1, -0.05) is 30.3 Å². The molecule has 0 aromatic heterocycles.